The normalized spacial score (nSPS) is 32.6. The van der Waals surface area contributed by atoms with E-state index in [1.165, 1.54) is 47.2 Å². The van der Waals surface area contributed by atoms with E-state index in [1.54, 1.807) is 0 Å². The molecule has 0 amide bonds. The number of rotatable bonds is 4. The minimum absolute atomic E-state index is 0.0164. The molecule has 2 heterocycles. The van der Waals surface area contributed by atoms with E-state index >= 15 is 0 Å². The fraction of sp³-hybridized carbons (Fsp3) is 0.750. The molecule has 1 aromatic carbocycles. The Labute approximate surface area is 181 Å². The molecule has 0 aromatic heterocycles. The lowest BCUT2D eigenvalue weighted by Crippen LogP contribution is -2.55. The number of phenols is 1. The summed E-state index contributed by atoms with van der Waals surface area (Å²) in [5.74, 6) is 5.29. The third-order valence-electron chi connectivity index (χ3n) is 8.12. The van der Waals surface area contributed by atoms with Gasteiger partial charge in [0, 0.05) is 10.5 Å². The Morgan fingerprint density at radius 1 is 1.00 bits per heavy atom. The SMILES string of the molecule is CC[Si](CC)(c1cc(C)cc(C(C)(C)C)c1O)C1C2SCCC2C2CCSC21. The summed E-state index contributed by atoms with van der Waals surface area (Å²) in [5, 5.41) is 14.7. The van der Waals surface area contributed by atoms with Gasteiger partial charge >= 0.3 is 0 Å². The molecule has 0 radical (unpaired) electrons. The number of benzene rings is 1. The Bertz CT molecular complexity index is 717. The summed E-state index contributed by atoms with van der Waals surface area (Å²) in [6.45, 7) is 13.8. The zero-order chi connectivity index (χ0) is 20.3. The van der Waals surface area contributed by atoms with Crippen LogP contribution in [0, 0.1) is 18.8 Å². The van der Waals surface area contributed by atoms with E-state index in [4.69, 9.17) is 0 Å². The molecule has 156 valence electrons. The maximum atomic E-state index is 11.6. The summed E-state index contributed by atoms with van der Waals surface area (Å²) in [6.07, 6.45) is 2.89. The highest BCUT2D eigenvalue weighted by atomic mass is 32.2. The first-order valence-corrected chi connectivity index (χ1v) is 15.9. The first kappa shape index (κ1) is 21.2. The molecule has 1 N–H and O–H groups in total. The molecule has 4 unspecified atom stereocenters. The summed E-state index contributed by atoms with van der Waals surface area (Å²) in [6, 6.07) is 7.16. The van der Waals surface area contributed by atoms with E-state index in [2.05, 4.69) is 77.2 Å². The Morgan fingerprint density at radius 3 is 2.00 bits per heavy atom. The molecule has 2 saturated heterocycles. The van der Waals surface area contributed by atoms with Crippen molar-refractivity contribution in [2.75, 3.05) is 11.5 Å². The predicted octanol–water partition coefficient (Wildman–Crippen LogP) is 6.32. The Kier molecular flexibility index (Phi) is 5.72. The second kappa shape index (κ2) is 7.57. The number of hydrogen-bond acceptors (Lipinski definition) is 3. The molecule has 0 bridgehead atoms. The van der Waals surface area contributed by atoms with Crippen molar-refractivity contribution in [2.24, 2.45) is 11.8 Å². The minimum Gasteiger partial charge on any atom is -0.508 e. The van der Waals surface area contributed by atoms with Crippen LogP contribution in [0.5, 0.6) is 5.75 Å². The molecule has 4 rings (SSSR count). The van der Waals surface area contributed by atoms with Gasteiger partial charge in [0.15, 0.2) is 0 Å². The average molecular weight is 435 g/mol. The summed E-state index contributed by atoms with van der Waals surface area (Å²) >= 11 is 4.58. The molecule has 1 aromatic rings. The van der Waals surface area contributed by atoms with E-state index < -0.39 is 8.07 Å². The third-order valence-corrected chi connectivity index (χ3v) is 17.6. The van der Waals surface area contributed by atoms with Gasteiger partial charge in [-0.15, -0.1) is 0 Å². The van der Waals surface area contributed by atoms with Gasteiger partial charge in [0.05, 0.1) is 8.07 Å². The zero-order valence-electron chi connectivity index (χ0n) is 18.5. The second-order valence-corrected chi connectivity index (χ2v) is 17.9. The van der Waals surface area contributed by atoms with Gasteiger partial charge in [-0.2, -0.15) is 23.5 Å². The van der Waals surface area contributed by atoms with E-state index in [-0.39, 0.29) is 5.41 Å². The maximum Gasteiger partial charge on any atom is 0.118 e. The van der Waals surface area contributed by atoms with Gasteiger partial charge in [-0.3, -0.25) is 0 Å². The van der Waals surface area contributed by atoms with Crippen molar-refractivity contribution in [3.63, 3.8) is 0 Å². The lowest BCUT2D eigenvalue weighted by atomic mass is 9.85. The van der Waals surface area contributed by atoms with Crippen molar-refractivity contribution in [1.82, 2.24) is 0 Å². The van der Waals surface area contributed by atoms with Crippen LogP contribution in [0.2, 0.25) is 17.6 Å². The fourth-order valence-electron chi connectivity index (χ4n) is 6.74. The van der Waals surface area contributed by atoms with Crippen molar-refractivity contribution >= 4 is 36.8 Å². The van der Waals surface area contributed by atoms with Crippen molar-refractivity contribution in [1.29, 1.82) is 0 Å². The standard InChI is InChI=1S/C24H38OS2Si/c1-7-28(8-2,19-14-15(3)13-18(20(19)25)24(4,5)6)23-21-16(9-11-26-21)17-10-12-27-22(17)23/h13-14,16-17,21-23,25H,7-12H2,1-6H3. The molecule has 3 fully saturated rings. The van der Waals surface area contributed by atoms with E-state index in [1.807, 2.05) is 0 Å². The monoisotopic (exact) mass is 434 g/mol. The lowest BCUT2D eigenvalue weighted by Gasteiger charge is -2.43. The second-order valence-electron chi connectivity index (χ2n) is 10.4. The molecular weight excluding hydrogens is 396 g/mol. The Hall–Kier alpha value is -0.0631. The summed E-state index contributed by atoms with van der Waals surface area (Å²) in [4.78, 5) is 0. The minimum atomic E-state index is -1.84. The summed E-state index contributed by atoms with van der Waals surface area (Å²) < 4.78 is 0. The molecule has 4 atom stereocenters. The summed E-state index contributed by atoms with van der Waals surface area (Å²) in [7, 11) is -1.84. The number of hydrogen-bond donors (Lipinski definition) is 1. The first-order valence-electron chi connectivity index (χ1n) is 11.3. The van der Waals surface area contributed by atoms with E-state index in [0.717, 1.165) is 33.4 Å². The zero-order valence-corrected chi connectivity index (χ0v) is 21.2. The predicted molar refractivity (Wildman–Crippen MR) is 130 cm³/mol. The molecular formula is C24H38OS2Si. The maximum absolute atomic E-state index is 11.6. The third kappa shape index (κ3) is 3.12. The van der Waals surface area contributed by atoms with Gasteiger partial charge in [-0.25, -0.2) is 0 Å². The molecule has 28 heavy (non-hydrogen) atoms. The van der Waals surface area contributed by atoms with Crippen LogP contribution in [0.25, 0.3) is 0 Å². The first-order chi connectivity index (χ1) is 13.2. The molecule has 1 aliphatic carbocycles. The highest BCUT2D eigenvalue weighted by molar-refractivity contribution is 8.01. The number of aromatic hydroxyl groups is 1. The molecule has 0 spiro atoms. The van der Waals surface area contributed by atoms with E-state index in [9.17, 15) is 5.11 Å². The molecule has 3 aliphatic rings. The van der Waals surface area contributed by atoms with Gasteiger partial charge in [0.2, 0.25) is 0 Å². The van der Waals surface area contributed by atoms with Crippen LogP contribution >= 0.6 is 23.5 Å². The average Bonchev–Trinajstić information content (AvgIpc) is 3.33. The topological polar surface area (TPSA) is 20.2 Å². The highest BCUT2D eigenvalue weighted by Gasteiger charge is 2.61. The van der Waals surface area contributed by atoms with Gasteiger partial charge in [-0.1, -0.05) is 64.4 Å². The summed E-state index contributed by atoms with van der Waals surface area (Å²) in [5.41, 5.74) is 3.31. The Balaban J connectivity index is 1.89. The van der Waals surface area contributed by atoms with Crippen molar-refractivity contribution < 1.29 is 5.11 Å². The van der Waals surface area contributed by atoms with Crippen LogP contribution in [-0.4, -0.2) is 35.2 Å². The number of phenolic OH excluding ortho intramolecular Hbond substituents is 1. The molecule has 2 aliphatic heterocycles. The number of fused-ring (bicyclic) bond motifs is 3. The fourth-order valence-corrected chi connectivity index (χ4v) is 17.7. The van der Waals surface area contributed by atoms with Gasteiger partial charge in [-0.05, 0) is 64.8 Å². The van der Waals surface area contributed by atoms with Crippen LogP contribution < -0.4 is 5.19 Å². The smallest absolute Gasteiger partial charge is 0.118 e. The van der Waals surface area contributed by atoms with Gasteiger partial charge < -0.3 is 5.11 Å². The van der Waals surface area contributed by atoms with Crippen LogP contribution in [0.3, 0.4) is 0 Å². The van der Waals surface area contributed by atoms with Crippen molar-refractivity contribution in [2.45, 2.75) is 87.9 Å². The van der Waals surface area contributed by atoms with Crippen molar-refractivity contribution in [3.8, 4) is 5.75 Å². The number of thioether (sulfide) groups is 2. The Morgan fingerprint density at radius 2 is 1.54 bits per heavy atom. The van der Waals surface area contributed by atoms with Crippen LogP contribution in [0.1, 0.15) is 58.6 Å². The molecule has 4 heteroatoms. The van der Waals surface area contributed by atoms with Crippen LogP contribution in [-0.2, 0) is 5.41 Å². The van der Waals surface area contributed by atoms with Gasteiger partial charge in [0.25, 0.3) is 0 Å². The number of aryl methyl sites for hydroxylation is 1. The largest absolute Gasteiger partial charge is 0.508 e. The molecule has 1 saturated carbocycles. The molecule has 1 nitrogen and oxygen atoms in total. The lowest BCUT2D eigenvalue weighted by molar-refractivity contribution is 0.403. The van der Waals surface area contributed by atoms with Crippen molar-refractivity contribution in [3.05, 3.63) is 23.3 Å². The van der Waals surface area contributed by atoms with E-state index in [0.29, 0.717) is 5.75 Å². The van der Waals surface area contributed by atoms with Crippen LogP contribution in [0.15, 0.2) is 12.1 Å². The van der Waals surface area contributed by atoms with Crippen LogP contribution in [0.4, 0.5) is 0 Å². The van der Waals surface area contributed by atoms with Gasteiger partial charge in [0.1, 0.15) is 5.75 Å². The highest BCUT2D eigenvalue weighted by Crippen LogP contribution is 2.64. The quantitative estimate of drug-likeness (QED) is 0.560.